The van der Waals surface area contributed by atoms with Gasteiger partial charge in [0.15, 0.2) is 5.76 Å². The molecule has 0 aromatic carbocycles. The average Bonchev–Trinajstić information content (AvgIpc) is 2.93. The lowest BCUT2D eigenvalue weighted by atomic mass is 9.83. The monoisotopic (exact) mass is 337 g/mol. The standard InChI is InChI=1S/C17H20ClNO4/c1-3-23-17(21)11-6-10-4-5-19-9-14(20)15(22-2)8-13(18)12(7-11)16(10)19/h6-8,10,13,16H,3-5,9H2,1-2H3. The lowest BCUT2D eigenvalue weighted by Gasteiger charge is -2.34. The molecule has 2 heterocycles. The van der Waals surface area contributed by atoms with Crippen molar-refractivity contribution in [1.29, 1.82) is 0 Å². The Morgan fingerprint density at radius 1 is 1.43 bits per heavy atom. The molecule has 6 heteroatoms. The first-order valence-electron chi connectivity index (χ1n) is 7.82. The van der Waals surface area contributed by atoms with Gasteiger partial charge in [-0.25, -0.2) is 4.79 Å². The van der Waals surface area contributed by atoms with Crippen LogP contribution in [0.25, 0.3) is 0 Å². The minimum Gasteiger partial charge on any atom is -0.493 e. The van der Waals surface area contributed by atoms with Gasteiger partial charge in [0.1, 0.15) is 0 Å². The Morgan fingerprint density at radius 2 is 2.22 bits per heavy atom. The molecule has 5 nitrogen and oxygen atoms in total. The van der Waals surface area contributed by atoms with Gasteiger partial charge in [-0.1, -0.05) is 6.08 Å². The Hall–Kier alpha value is -1.59. The quantitative estimate of drug-likeness (QED) is 0.581. The number of ketones is 1. The summed E-state index contributed by atoms with van der Waals surface area (Å²) in [5, 5.41) is -0.486. The molecule has 23 heavy (non-hydrogen) atoms. The molecule has 0 aromatic heterocycles. The largest absolute Gasteiger partial charge is 0.493 e. The third-order valence-electron chi connectivity index (χ3n) is 4.57. The number of ether oxygens (including phenoxy) is 2. The van der Waals surface area contributed by atoms with E-state index < -0.39 is 5.38 Å². The minimum absolute atomic E-state index is 0.0574. The van der Waals surface area contributed by atoms with Crippen LogP contribution in [0, 0.1) is 5.92 Å². The molecule has 0 aromatic rings. The molecule has 3 aliphatic rings. The first-order chi connectivity index (χ1) is 11.0. The molecule has 124 valence electrons. The molecule has 0 bridgehead atoms. The number of Topliss-reactive ketones (excluding diaryl/α,β-unsaturated/α-hetero) is 1. The summed E-state index contributed by atoms with van der Waals surface area (Å²) in [7, 11) is 1.47. The number of hydrogen-bond acceptors (Lipinski definition) is 5. The second kappa shape index (κ2) is 6.49. The SMILES string of the molecule is CCOC(=O)C1=CC2CCN3CC(=O)C(OC)=CC(Cl)C(=C1)C23. The van der Waals surface area contributed by atoms with Crippen molar-refractivity contribution in [2.45, 2.75) is 24.8 Å². The molecule has 0 saturated carbocycles. The summed E-state index contributed by atoms with van der Waals surface area (Å²) in [6.07, 6.45) is 6.30. The molecule has 1 saturated heterocycles. The molecule has 3 unspecified atom stereocenters. The van der Waals surface area contributed by atoms with E-state index in [2.05, 4.69) is 4.90 Å². The Morgan fingerprint density at radius 3 is 2.91 bits per heavy atom. The molecule has 3 rings (SSSR count). The Kier molecular flexibility index (Phi) is 4.60. The highest BCUT2D eigenvalue weighted by atomic mass is 35.5. The summed E-state index contributed by atoms with van der Waals surface area (Å²) in [5.41, 5.74) is 1.48. The van der Waals surface area contributed by atoms with Crippen LogP contribution in [0.5, 0.6) is 0 Å². The van der Waals surface area contributed by atoms with Gasteiger partial charge in [0.25, 0.3) is 0 Å². The molecule has 3 atom stereocenters. The first-order valence-corrected chi connectivity index (χ1v) is 8.26. The summed E-state index contributed by atoms with van der Waals surface area (Å²) < 4.78 is 10.3. The zero-order valence-corrected chi connectivity index (χ0v) is 14.0. The molecule has 2 aliphatic heterocycles. The fraction of sp³-hybridized carbons (Fsp3) is 0.529. The van der Waals surface area contributed by atoms with Crippen LogP contribution in [0.4, 0.5) is 0 Å². The summed E-state index contributed by atoms with van der Waals surface area (Å²) in [4.78, 5) is 26.5. The second-order valence-electron chi connectivity index (χ2n) is 5.91. The highest BCUT2D eigenvalue weighted by Crippen LogP contribution is 2.39. The number of alkyl halides is 1. The van der Waals surface area contributed by atoms with E-state index in [1.807, 2.05) is 12.2 Å². The maximum absolute atomic E-state index is 12.3. The normalized spacial score (nSPS) is 30.5. The predicted octanol–water partition coefficient (Wildman–Crippen LogP) is 1.83. The highest BCUT2D eigenvalue weighted by molar-refractivity contribution is 6.24. The Bertz CT molecular complexity index is 622. The van der Waals surface area contributed by atoms with Crippen molar-refractivity contribution >= 4 is 23.4 Å². The van der Waals surface area contributed by atoms with Gasteiger partial charge in [-0.05, 0) is 43.5 Å². The number of carbonyl (C=O) groups is 2. The van der Waals surface area contributed by atoms with Gasteiger partial charge in [-0.3, -0.25) is 9.69 Å². The lowest BCUT2D eigenvalue weighted by molar-refractivity contribution is -0.138. The fourth-order valence-electron chi connectivity index (χ4n) is 3.59. The number of esters is 1. The van der Waals surface area contributed by atoms with Crippen molar-refractivity contribution in [3.05, 3.63) is 35.1 Å². The van der Waals surface area contributed by atoms with Crippen molar-refractivity contribution in [3.63, 3.8) is 0 Å². The number of carbonyl (C=O) groups excluding carboxylic acids is 2. The van der Waals surface area contributed by atoms with Crippen LogP contribution < -0.4 is 0 Å². The van der Waals surface area contributed by atoms with Crippen molar-refractivity contribution in [2.75, 3.05) is 26.8 Å². The number of nitrogens with zero attached hydrogens (tertiary/aromatic N) is 1. The molecule has 0 spiro atoms. The number of methoxy groups -OCH3 is 1. The molecular weight excluding hydrogens is 318 g/mol. The summed E-state index contributed by atoms with van der Waals surface area (Å²) in [5.74, 6) is 0.0776. The van der Waals surface area contributed by atoms with Gasteiger partial charge in [0.05, 0.1) is 31.2 Å². The van der Waals surface area contributed by atoms with Crippen LogP contribution >= 0.6 is 11.6 Å². The van der Waals surface area contributed by atoms with Crippen LogP contribution in [0.1, 0.15) is 13.3 Å². The van der Waals surface area contributed by atoms with Gasteiger partial charge in [0, 0.05) is 6.04 Å². The van der Waals surface area contributed by atoms with Crippen molar-refractivity contribution in [1.82, 2.24) is 4.90 Å². The summed E-state index contributed by atoms with van der Waals surface area (Å²) >= 11 is 6.53. The molecule has 1 aliphatic carbocycles. The average molecular weight is 338 g/mol. The number of rotatable bonds is 3. The highest BCUT2D eigenvalue weighted by Gasteiger charge is 2.42. The van der Waals surface area contributed by atoms with Crippen LogP contribution in [0.2, 0.25) is 0 Å². The Labute approximate surface area is 140 Å². The first kappa shape index (κ1) is 16.3. The van der Waals surface area contributed by atoms with Crippen LogP contribution in [0.15, 0.2) is 35.1 Å². The van der Waals surface area contributed by atoms with Crippen molar-refractivity contribution < 1.29 is 19.1 Å². The zero-order chi connectivity index (χ0) is 16.6. The zero-order valence-electron chi connectivity index (χ0n) is 13.3. The molecule has 1 fully saturated rings. The van der Waals surface area contributed by atoms with Crippen molar-refractivity contribution in [2.24, 2.45) is 5.92 Å². The Balaban J connectivity index is 2.01. The minimum atomic E-state index is -0.486. The summed E-state index contributed by atoms with van der Waals surface area (Å²) in [6, 6.07) is 0.0642. The van der Waals surface area contributed by atoms with E-state index in [0.717, 1.165) is 18.5 Å². The number of halogens is 1. The number of allylic oxidation sites excluding steroid dienone is 1. The van der Waals surface area contributed by atoms with E-state index >= 15 is 0 Å². The molecule has 0 N–H and O–H groups in total. The third-order valence-corrected chi connectivity index (χ3v) is 4.95. The van der Waals surface area contributed by atoms with E-state index in [1.54, 1.807) is 13.0 Å². The maximum atomic E-state index is 12.3. The van der Waals surface area contributed by atoms with Gasteiger partial charge >= 0.3 is 5.97 Å². The van der Waals surface area contributed by atoms with Crippen molar-refractivity contribution in [3.8, 4) is 0 Å². The molecule has 0 amide bonds. The van der Waals surface area contributed by atoms with Gasteiger partial charge in [0.2, 0.25) is 5.78 Å². The summed E-state index contributed by atoms with van der Waals surface area (Å²) in [6.45, 7) is 3.23. The van der Waals surface area contributed by atoms with E-state index in [-0.39, 0.29) is 29.5 Å². The van der Waals surface area contributed by atoms with Crippen LogP contribution in [-0.2, 0) is 19.1 Å². The molecule has 0 radical (unpaired) electrons. The predicted molar refractivity (Wildman–Crippen MR) is 86.0 cm³/mol. The van der Waals surface area contributed by atoms with Gasteiger partial charge in [-0.2, -0.15) is 0 Å². The maximum Gasteiger partial charge on any atom is 0.337 e. The fourth-order valence-corrected chi connectivity index (χ4v) is 3.89. The van der Waals surface area contributed by atoms with E-state index in [1.165, 1.54) is 7.11 Å². The molecular formula is C17H20ClNO4. The third kappa shape index (κ3) is 2.95. The van der Waals surface area contributed by atoms with Gasteiger partial charge in [-0.15, -0.1) is 11.6 Å². The lowest BCUT2D eigenvalue weighted by Crippen LogP contribution is -2.43. The van der Waals surface area contributed by atoms with E-state index in [9.17, 15) is 9.59 Å². The van der Waals surface area contributed by atoms with Gasteiger partial charge < -0.3 is 9.47 Å². The van der Waals surface area contributed by atoms with Crippen LogP contribution in [0.3, 0.4) is 0 Å². The number of hydrogen-bond donors (Lipinski definition) is 0. The van der Waals surface area contributed by atoms with E-state index in [0.29, 0.717) is 18.7 Å². The van der Waals surface area contributed by atoms with Crippen LogP contribution in [-0.4, -0.2) is 54.9 Å². The topological polar surface area (TPSA) is 55.8 Å². The smallest absolute Gasteiger partial charge is 0.337 e. The second-order valence-corrected chi connectivity index (χ2v) is 6.38. The van der Waals surface area contributed by atoms with E-state index in [4.69, 9.17) is 21.1 Å².